The summed E-state index contributed by atoms with van der Waals surface area (Å²) in [4.78, 5) is 10.5. The van der Waals surface area contributed by atoms with E-state index in [9.17, 15) is 4.89 Å². The first-order chi connectivity index (χ1) is 12.1. The van der Waals surface area contributed by atoms with Gasteiger partial charge in [0.15, 0.2) is 0 Å². The Labute approximate surface area is 149 Å². The van der Waals surface area contributed by atoms with Crippen molar-refractivity contribution < 1.29 is 13.9 Å². The van der Waals surface area contributed by atoms with Crippen LogP contribution in [0.4, 0.5) is 0 Å². The summed E-state index contributed by atoms with van der Waals surface area (Å²) in [6, 6.07) is 23.9. The predicted molar refractivity (Wildman–Crippen MR) is 105 cm³/mol. The quantitative estimate of drug-likeness (QED) is 0.409. The van der Waals surface area contributed by atoms with Gasteiger partial charge in [-0.2, -0.15) is 0 Å². The van der Waals surface area contributed by atoms with Gasteiger partial charge in [0, 0.05) is 22.9 Å². The van der Waals surface area contributed by atoms with E-state index >= 15 is 0 Å². The molecule has 1 heterocycles. The molecule has 122 valence electrons. The van der Waals surface area contributed by atoms with Crippen LogP contribution in [0.15, 0.2) is 72.8 Å². The van der Waals surface area contributed by atoms with E-state index in [-0.39, 0.29) is 0 Å². The lowest BCUT2D eigenvalue weighted by molar-refractivity contribution is 0.383. The Morgan fingerprint density at radius 2 is 1.08 bits per heavy atom. The summed E-state index contributed by atoms with van der Waals surface area (Å²) < 4.78 is 11.5. The molecule has 0 bridgehead atoms. The Hall–Kier alpha value is -2.39. The van der Waals surface area contributed by atoms with Crippen LogP contribution in [-0.4, -0.2) is 4.89 Å². The average Bonchev–Trinajstić information content (AvgIpc) is 2.73. The molecule has 0 saturated heterocycles. The third-order valence-electron chi connectivity index (χ3n) is 4.46. The normalized spacial score (nSPS) is 14.9. The van der Waals surface area contributed by atoms with Crippen molar-refractivity contribution in [1.82, 2.24) is 0 Å². The van der Waals surface area contributed by atoms with Crippen molar-refractivity contribution in [3.05, 3.63) is 72.8 Å². The molecule has 0 atom stereocenters. The van der Waals surface area contributed by atoms with Crippen molar-refractivity contribution in [2.45, 2.75) is 0 Å². The first-order valence-electron chi connectivity index (χ1n) is 7.88. The van der Waals surface area contributed by atoms with Crippen LogP contribution in [0.2, 0.25) is 0 Å². The van der Waals surface area contributed by atoms with Crippen LogP contribution in [0, 0.1) is 0 Å². The Bertz CT molecular complexity index is 1110. The van der Waals surface area contributed by atoms with Gasteiger partial charge in [-0.15, -0.1) is 0 Å². The molecular formula is C20H13O3PS. The molecule has 0 unspecified atom stereocenters. The number of hydrogen-bond acceptors (Lipinski definition) is 3. The SMILES string of the molecule is OP1(=S)Oc2ccc3ccccc3c2-c2c(ccc3ccccc23)O1. The van der Waals surface area contributed by atoms with Crippen LogP contribution in [0.1, 0.15) is 0 Å². The maximum atomic E-state index is 10.5. The second kappa shape index (κ2) is 5.30. The van der Waals surface area contributed by atoms with E-state index in [0.29, 0.717) is 11.5 Å². The van der Waals surface area contributed by atoms with Crippen molar-refractivity contribution in [1.29, 1.82) is 0 Å². The second-order valence-electron chi connectivity index (χ2n) is 5.97. The fraction of sp³-hybridized carbons (Fsp3) is 0. The first-order valence-corrected chi connectivity index (χ1v) is 10.5. The number of rotatable bonds is 0. The van der Waals surface area contributed by atoms with E-state index in [1.165, 1.54) is 0 Å². The summed E-state index contributed by atoms with van der Waals surface area (Å²) in [7, 11) is 0. The number of hydrogen-bond donors (Lipinski definition) is 1. The molecular weight excluding hydrogens is 351 g/mol. The molecule has 1 aliphatic heterocycles. The van der Waals surface area contributed by atoms with Crippen molar-refractivity contribution >= 4 is 40.1 Å². The highest BCUT2D eigenvalue weighted by atomic mass is 32.5. The molecule has 0 spiro atoms. The largest absolute Gasteiger partial charge is 0.432 e. The third kappa shape index (κ3) is 2.34. The minimum Gasteiger partial charge on any atom is -0.415 e. The average molecular weight is 364 g/mol. The molecule has 0 aliphatic carbocycles. The van der Waals surface area contributed by atoms with Gasteiger partial charge in [0.1, 0.15) is 11.5 Å². The molecule has 4 aromatic rings. The van der Waals surface area contributed by atoms with Gasteiger partial charge < -0.3 is 13.9 Å². The standard InChI is InChI=1S/C20H13O3PS/c21-24(25)22-17-11-9-13-5-1-3-7-15(13)19(17)20-16-8-4-2-6-14(16)10-12-18(20)23-24/h1-12H,(H,21,25). The van der Waals surface area contributed by atoms with E-state index in [1.807, 2.05) is 48.5 Å². The molecule has 0 fully saturated rings. The maximum absolute atomic E-state index is 10.5. The highest BCUT2D eigenvalue weighted by molar-refractivity contribution is 8.07. The Morgan fingerprint density at radius 3 is 1.56 bits per heavy atom. The minimum absolute atomic E-state index is 0.555. The summed E-state index contributed by atoms with van der Waals surface area (Å²) in [6.45, 7) is -3.42. The van der Waals surface area contributed by atoms with Crippen molar-refractivity contribution in [3.8, 4) is 22.6 Å². The number of benzene rings is 4. The van der Waals surface area contributed by atoms with Gasteiger partial charge in [0.05, 0.1) is 0 Å². The Morgan fingerprint density at radius 1 is 0.640 bits per heavy atom. The summed E-state index contributed by atoms with van der Waals surface area (Å²) in [5.41, 5.74) is 1.82. The molecule has 5 rings (SSSR count). The smallest absolute Gasteiger partial charge is 0.415 e. The molecule has 4 aromatic carbocycles. The lowest BCUT2D eigenvalue weighted by Crippen LogP contribution is -1.97. The molecule has 0 saturated carbocycles. The summed E-state index contributed by atoms with van der Waals surface area (Å²) in [6.07, 6.45) is 0. The van der Waals surface area contributed by atoms with Crippen LogP contribution in [-0.2, 0) is 11.8 Å². The van der Waals surface area contributed by atoms with Gasteiger partial charge in [-0.05, 0) is 33.7 Å². The molecule has 1 aliphatic rings. The van der Waals surface area contributed by atoms with E-state index < -0.39 is 6.72 Å². The Kier molecular flexibility index (Phi) is 3.16. The topological polar surface area (TPSA) is 38.7 Å². The molecule has 25 heavy (non-hydrogen) atoms. The summed E-state index contributed by atoms with van der Waals surface area (Å²) in [5.74, 6) is 1.11. The lowest BCUT2D eigenvalue weighted by Gasteiger charge is -2.15. The van der Waals surface area contributed by atoms with Gasteiger partial charge >= 0.3 is 6.72 Å². The zero-order valence-corrected chi connectivity index (χ0v) is 14.8. The minimum atomic E-state index is -3.42. The molecule has 0 aromatic heterocycles. The second-order valence-corrected chi connectivity index (χ2v) is 8.66. The maximum Gasteiger partial charge on any atom is 0.432 e. The van der Waals surface area contributed by atoms with Crippen LogP contribution in [0.25, 0.3) is 32.7 Å². The van der Waals surface area contributed by atoms with Gasteiger partial charge in [0.25, 0.3) is 0 Å². The van der Waals surface area contributed by atoms with E-state index in [1.54, 1.807) is 0 Å². The van der Waals surface area contributed by atoms with Crippen LogP contribution < -0.4 is 9.05 Å². The van der Waals surface area contributed by atoms with E-state index in [2.05, 4.69) is 24.3 Å². The molecule has 0 amide bonds. The fourth-order valence-corrected chi connectivity index (χ4v) is 4.76. The summed E-state index contributed by atoms with van der Waals surface area (Å²) >= 11 is 5.20. The molecule has 0 radical (unpaired) electrons. The van der Waals surface area contributed by atoms with Crippen LogP contribution in [0.3, 0.4) is 0 Å². The molecule has 5 heteroatoms. The first kappa shape index (κ1) is 14.9. The fourth-order valence-electron chi connectivity index (χ4n) is 3.44. The third-order valence-corrected chi connectivity index (χ3v) is 5.76. The predicted octanol–water partition coefficient (Wildman–Crippen LogP) is 5.65. The van der Waals surface area contributed by atoms with Crippen LogP contribution >= 0.6 is 6.72 Å². The van der Waals surface area contributed by atoms with Gasteiger partial charge in [-0.1, -0.05) is 60.7 Å². The van der Waals surface area contributed by atoms with Gasteiger partial charge in [0.2, 0.25) is 0 Å². The van der Waals surface area contributed by atoms with Gasteiger partial charge in [-0.25, -0.2) is 0 Å². The van der Waals surface area contributed by atoms with Crippen molar-refractivity contribution in [3.63, 3.8) is 0 Å². The molecule has 1 N–H and O–H groups in total. The summed E-state index contributed by atoms with van der Waals surface area (Å²) in [5, 5.41) is 4.27. The number of fused-ring (bicyclic) bond motifs is 7. The van der Waals surface area contributed by atoms with Crippen molar-refractivity contribution in [2.24, 2.45) is 0 Å². The van der Waals surface area contributed by atoms with E-state index in [4.69, 9.17) is 20.9 Å². The van der Waals surface area contributed by atoms with Gasteiger partial charge in [-0.3, -0.25) is 0 Å². The Balaban J connectivity index is 2.02. The zero-order valence-electron chi connectivity index (χ0n) is 13.0. The van der Waals surface area contributed by atoms with Crippen molar-refractivity contribution in [2.75, 3.05) is 0 Å². The monoisotopic (exact) mass is 364 g/mol. The highest BCUT2D eigenvalue weighted by Crippen LogP contribution is 2.56. The highest BCUT2D eigenvalue weighted by Gasteiger charge is 2.30. The lowest BCUT2D eigenvalue weighted by atomic mass is 9.92. The van der Waals surface area contributed by atoms with E-state index in [0.717, 1.165) is 32.7 Å². The zero-order chi connectivity index (χ0) is 17.0. The molecule has 3 nitrogen and oxygen atoms in total. The van der Waals surface area contributed by atoms with Crippen LogP contribution in [0.5, 0.6) is 11.5 Å².